The molecule has 0 spiro atoms. The summed E-state index contributed by atoms with van der Waals surface area (Å²) in [6.45, 7) is 7.20. The predicted octanol–water partition coefficient (Wildman–Crippen LogP) is 22.9. The molecular weight excluding hydrogens is 1260 g/mol. The number of esters is 4. The molecule has 0 aliphatic heterocycles. The SMILES string of the molecule is CCCCCCCCCCCCCCCCCCCCCC(=O)OC[C@H](COP(=O)(O)OC[C@@H](O)COP(=O)(O)OC[C@@H](COC(=O)CCCCCCC)OC(=O)CCCCCCCCCCCCC(C)C)OC(=O)CCCCCCCCCCCCCCCCCCCCC. The monoisotopic (exact) mass is 1410 g/mol. The highest BCUT2D eigenvalue weighted by molar-refractivity contribution is 7.47. The molecule has 96 heavy (non-hydrogen) atoms. The van der Waals surface area contributed by atoms with Crippen molar-refractivity contribution < 1.29 is 80.2 Å². The summed E-state index contributed by atoms with van der Waals surface area (Å²) in [6.07, 6.45) is 60.2. The molecule has 0 aromatic rings. The van der Waals surface area contributed by atoms with Crippen LogP contribution in [0.2, 0.25) is 0 Å². The van der Waals surface area contributed by atoms with Gasteiger partial charge in [0.2, 0.25) is 0 Å². The molecule has 0 radical (unpaired) electrons. The van der Waals surface area contributed by atoms with Crippen molar-refractivity contribution >= 4 is 39.5 Å². The lowest BCUT2D eigenvalue weighted by molar-refractivity contribution is -0.161. The molecule has 3 N–H and O–H groups in total. The molecule has 0 fully saturated rings. The van der Waals surface area contributed by atoms with Crippen molar-refractivity contribution in [1.29, 1.82) is 0 Å². The fraction of sp³-hybridized carbons (Fsp3) is 0.948. The van der Waals surface area contributed by atoms with Crippen LogP contribution in [0.4, 0.5) is 0 Å². The molecule has 570 valence electrons. The summed E-state index contributed by atoms with van der Waals surface area (Å²) in [7, 11) is -9.90. The van der Waals surface area contributed by atoms with Crippen molar-refractivity contribution in [2.75, 3.05) is 39.6 Å². The van der Waals surface area contributed by atoms with Gasteiger partial charge in [0.1, 0.15) is 19.3 Å². The standard InChI is InChI=1S/C77H150O17P2/c1-6-9-12-15-17-19-21-23-25-27-29-31-33-35-37-42-46-51-56-61-75(80)88-67-73(94-77(82)62-57-52-47-43-38-36-34-32-30-28-26-24-22-20-18-16-13-10-7-2)69-92-96(85,86)90-65-71(78)64-89-95(83,84)91-68-72(66-87-74(79)60-55-49-14-11-8-3)93-76(81)63-58-53-48-44-40-39-41-45-50-54-59-70(4)5/h70-73,78H,6-69H2,1-5H3,(H,83,84)(H,85,86)/t71-,72+,73+/m0/s1. The first-order valence-electron chi connectivity index (χ1n) is 40.1. The molecule has 5 atom stereocenters. The number of carbonyl (C=O) groups excluding carboxylic acids is 4. The minimum Gasteiger partial charge on any atom is -0.462 e. The molecule has 2 unspecified atom stereocenters. The van der Waals surface area contributed by atoms with Crippen LogP contribution in [-0.4, -0.2) is 96.7 Å². The van der Waals surface area contributed by atoms with Gasteiger partial charge in [-0.1, -0.05) is 356 Å². The Morgan fingerprint density at radius 2 is 0.479 bits per heavy atom. The molecule has 0 amide bonds. The van der Waals surface area contributed by atoms with Crippen molar-refractivity contribution in [2.24, 2.45) is 5.92 Å². The molecule has 0 aliphatic carbocycles. The van der Waals surface area contributed by atoms with E-state index in [1.165, 1.54) is 225 Å². The highest BCUT2D eigenvalue weighted by Crippen LogP contribution is 2.45. The van der Waals surface area contributed by atoms with Crippen molar-refractivity contribution in [3.8, 4) is 0 Å². The van der Waals surface area contributed by atoms with Crippen LogP contribution in [0.5, 0.6) is 0 Å². The van der Waals surface area contributed by atoms with E-state index in [2.05, 4.69) is 34.6 Å². The molecule has 0 aromatic heterocycles. The zero-order valence-corrected chi connectivity index (χ0v) is 64.3. The first-order chi connectivity index (χ1) is 46.5. The van der Waals surface area contributed by atoms with Crippen molar-refractivity contribution in [1.82, 2.24) is 0 Å². The van der Waals surface area contributed by atoms with Crippen LogP contribution in [0.15, 0.2) is 0 Å². The lowest BCUT2D eigenvalue weighted by atomic mass is 10.0. The second-order valence-electron chi connectivity index (χ2n) is 28.2. The number of hydrogen-bond acceptors (Lipinski definition) is 15. The number of ether oxygens (including phenoxy) is 4. The van der Waals surface area contributed by atoms with Crippen molar-refractivity contribution in [3.63, 3.8) is 0 Å². The number of rotatable bonds is 77. The summed E-state index contributed by atoms with van der Waals surface area (Å²) >= 11 is 0. The van der Waals surface area contributed by atoms with Gasteiger partial charge < -0.3 is 33.8 Å². The Kier molecular flexibility index (Phi) is 68.7. The van der Waals surface area contributed by atoms with Crippen molar-refractivity contribution in [2.45, 2.75) is 425 Å². The van der Waals surface area contributed by atoms with E-state index in [4.69, 9.17) is 37.0 Å². The average molecular weight is 1410 g/mol. The summed E-state index contributed by atoms with van der Waals surface area (Å²) < 4.78 is 68.3. The molecular formula is C77H150O17P2. The van der Waals surface area contributed by atoms with Crippen LogP contribution >= 0.6 is 15.6 Å². The Balaban J connectivity index is 5.13. The van der Waals surface area contributed by atoms with Gasteiger partial charge in [-0.2, -0.15) is 0 Å². The lowest BCUT2D eigenvalue weighted by Crippen LogP contribution is -2.30. The number of hydrogen-bond donors (Lipinski definition) is 3. The summed E-state index contributed by atoms with van der Waals surface area (Å²) in [5.74, 6) is -1.37. The van der Waals surface area contributed by atoms with Crippen LogP contribution < -0.4 is 0 Å². The summed E-state index contributed by atoms with van der Waals surface area (Å²) in [4.78, 5) is 72.6. The molecule has 0 rings (SSSR count). The minimum absolute atomic E-state index is 0.105. The third-order valence-electron chi connectivity index (χ3n) is 18.0. The molecule has 0 aromatic carbocycles. The third-order valence-corrected chi connectivity index (χ3v) is 19.9. The van der Waals surface area contributed by atoms with Gasteiger partial charge in [-0.3, -0.25) is 37.3 Å². The Morgan fingerprint density at radius 3 is 0.708 bits per heavy atom. The van der Waals surface area contributed by atoms with Gasteiger partial charge in [0.25, 0.3) is 0 Å². The van der Waals surface area contributed by atoms with Crippen LogP contribution in [0, 0.1) is 5.92 Å². The third kappa shape index (κ3) is 70.5. The second-order valence-corrected chi connectivity index (χ2v) is 31.1. The van der Waals surface area contributed by atoms with E-state index < -0.39 is 97.5 Å². The Hall–Kier alpha value is -1.94. The van der Waals surface area contributed by atoms with Gasteiger partial charge in [0.15, 0.2) is 12.2 Å². The molecule has 19 heteroatoms. The second kappa shape index (κ2) is 70.1. The van der Waals surface area contributed by atoms with E-state index >= 15 is 0 Å². The maximum absolute atomic E-state index is 13.1. The molecule has 0 saturated heterocycles. The van der Waals surface area contributed by atoms with E-state index in [9.17, 15) is 43.2 Å². The fourth-order valence-corrected chi connectivity index (χ4v) is 13.5. The number of unbranched alkanes of at least 4 members (excludes halogenated alkanes) is 49. The molecule has 0 aliphatic rings. The first-order valence-corrected chi connectivity index (χ1v) is 43.1. The van der Waals surface area contributed by atoms with Gasteiger partial charge in [-0.15, -0.1) is 0 Å². The smallest absolute Gasteiger partial charge is 0.462 e. The highest BCUT2D eigenvalue weighted by atomic mass is 31.2. The quantitative estimate of drug-likeness (QED) is 0.0222. The first kappa shape index (κ1) is 94.1. The van der Waals surface area contributed by atoms with Gasteiger partial charge in [-0.05, 0) is 31.6 Å². The topological polar surface area (TPSA) is 237 Å². The number of phosphoric ester groups is 2. The van der Waals surface area contributed by atoms with E-state index in [-0.39, 0.29) is 25.7 Å². The number of aliphatic hydroxyl groups is 1. The van der Waals surface area contributed by atoms with Gasteiger partial charge in [0, 0.05) is 25.7 Å². The summed E-state index contributed by atoms with van der Waals surface area (Å²) in [6, 6.07) is 0. The van der Waals surface area contributed by atoms with Crippen LogP contribution in [0.25, 0.3) is 0 Å². The highest BCUT2D eigenvalue weighted by Gasteiger charge is 2.30. The molecule has 0 heterocycles. The van der Waals surface area contributed by atoms with E-state index in [0.29, 0.717) is 25.7 Å². The van der Waals surface area contributed by atoms with E-state index in [0.717, 1.165) is 102 Å². The largest absolute Gasteiger partial charge is 0.472 e. The average Bonchev–Trinajstić information content (AvgIpc) is 1.64. The summed E-state index contributed by atoms with van der Waals surface area (Å²) in [5, 5.41) is 10.6. The number of carbonyl (C=O) groups is 4. The van der Waals surface area contributed by atoms with Crippen LogP contribution in [0.3, 0.4) is 0 Å². The van der Waals surface area contributed by atoms with Crippen LogP contribution in [-0.2, 0) is 65.4 Å². The summed E-state index contributed by atoms with van der Waals surface area (Å²) in [5.41, 5.74) is 0. The zero-order chi connectivity index (χ0) is 70.5. The van der Waals surface area contributed by atoms with Crippen molar-refractivity contribution in [3.05, 3.63) is 0 Å². The van der Waals surface area contributed by atoms with Gasteiger partial charge in [0.05, 0.1) is 26.4 Å². The zero-order valence-electron chi connectivity index (χ0n) is 62.5. The Labute approximate surface area is 588 Å². The molecule has 17 nitrogen and oxygen atoms in total. The molecule has 0 saturated carbocycles. The maximum atomic E-state index is 13.1. The van der Waals surface area contributed by atoms with E-state index in [1.54, 1.807) is 0 Å². The Morgan fingerprint density at radius 1 is 0.281 bits per heavy atom. The normalized spacial score (nSPS) is 13.9. The predicted molar refractivity (Wildman–Crippen MR) is 391 cm³/mol. The minimum atomic E-state index is -4.96. The van der Waals surface area contributed by atoms with Crippen LogP contribution in [0.1, 0.15) is 407 Å². The van der Waals surface area contributed by atoms with Gasteiger partial charge in [-0.25, -0.2) is 9.13 Å². The van der Waals surface area contributed by atoms with E-state index in [1.807, 2.05) is 0 Å². The Bertz CT molecular complexity index is 1840. The number of aliphatic hydroxyl groups excluding tert-OH is 1. The number of phosphoric acid groups is 2. The van der Waals surface area contributed by atoms with Gasteiger partial charge >= 0.3 is 39.5 Å². The fourth-order valence-electron chi connectivity index (χ4n) is 11.9. The lowest BCUT2D eigenvalue weighted by Gasteiger charge is -2.21. The maximum Gasteiger partial charge on any atom is 0.472 e. The molecule has 0 bridgehead atoms.